The molecule has 2 unspecified atom stereocenters. The molecule has 5 rings (SSSR count). The van der Waals surface area contributed by atoms with Crippen LogP contribution in [0.25, 0.3) is 16.6 Å². The van der Waals surface area contributed by atoms with Crippen LogP contribution >= 0.6 is 10.9 Å². The quantitative estimate of drug-likeness (QED) is 0.610. The highest BCUT2D eigenvalue weighted by Gasteiger charge is 2.39. The molecule has 1 aliphatic carbocycles. The SMILES string of the molecule is OC(c1ccc2c(cnn2-c2ccc(F)cc2)c1)C(C1CC1)[SH]1C=CC=C1. The van der Waals surface area contributed by atoms with Crippen LogP contribution in [-0.2, 0) is 0 Å². The first-order valence-corrected chi connectivity index (χ1v) is 10.8. The zero-order valence-electron chi connectivity index (χ0n) is 14.7. The first kappa shape index (κ1) is 16.8. The van der Waals surface area contributed by atoms with Crippen molar-refractivity contribution in [2.75, 3.05) is 0 Å². The fraction of sp³-hybridized carbons (Fsp3) is 0.227. The Labute approximate surface area is 160 Å². The van der Waals surface area contributed by atoms with Gasteiger partial charge in [-0.15, -0.1) is 0 Å². The van der Waals surface area contributed by atoms with Crippen molar-refractivity contribution in [2.45, 2.75) is 24.2 Å². The summed E-state index contributed by atoms with van der Waals surface area (Å²) in [6.07, 6.45) is 7.98. The van der Waals surface area contributed by atoms with E-state index in [1.54, 1.807) is 16.8 Å². The molecular weight excluding hydrogens is 359 g/mol. The maximum Gasteiger partial charge on any atom is 0.123 e. The van der Waals surface area contributed by atoms with Gasteiger partial charge in [-0.3, -0.25) is 0 Å². The number of nitrogens with zero attached hydrogens (tertiary/aromatic N) is 2. The minimum atomic E-state index is -0.463. The van der Waals surface area contributed by atoms with E-state index in [0.717, 1.165) is 22.2 Å². The van der Waals surface area contributed by atoms with Gasteiger partial charge >= 0.3 is 0 Å². The first-order chi connectivity index (χ1) is 13.2. The van der Waals surface area contributed by atoms with E-state index >= 15 is 0 Å². The summed E-state index contributed by atoms with van der Waals surface area (Å²) in [5.74, 6) is 0.361. The number of hydrogen-bond donors (Lipinski definition) is 2. The molecular formula is C22H21FN2OS. The van der Waals surface area contributed by atoms with Crippen molar-refractivity contribution in [3.8, 4) is 5.69 Å². The van der Waals surface area contributed by atoms with Crippen LogP contribution in [0.5, 0.6) is 0 Å². The van der Waals surface area contributed by atoms with Crippen LogP contribution < -0.4 is 0 Å². The van der Waals surface area contributed by atoms with Crippen LogP contribution in [0.4, 0.5) is 4.39 Å². The van der Waals surface area contributed by atoms with Crippen LogP contribution in [0.2, 0.25) is 0 Å². The van der Waals surface area contributed by atoms with Crippen molar-refractivity contribution in [2.24, 2.45) is 5.92 Å². The molecule has 27 heavy (non-hydrogen) atoms. The van der Waals surface area contributed by atoms with E-state index in [4.69, 9.17) is 0 Å². The first-order valence-electron chi connectivity index (χ1n) is 9.25. The van der Waals surface area contributed by atoms with Gasteiger partial charge in [0, 0.05) is 10.6 Å². The van der Waals surface area contributed by atoms with Crippen molar-refractivity contribution in [1.82, 2.24) is 9.78 Å². The predicted octanol–water partition coefficient (Wildman–Crippen LogP) is 5.02. The van der Waals surface area contributed by atoms with Crippen molar-refractivity contribution in [3.05, 3.63) is 83.0 Å². The third kappa shape index (κ3) is 3.11. The third-order valence-electron chi connectivity index (χ3n) is 5.41. The molecule has 1 saturated carbocycles. The number of aromatic nitrogens is 2. The number of allylic oxidation sites excluding steroid dienone is 2. The smallest absolute Gasteiger partial charge is 0.123 e. The van der Waals surface area contributed by atoms with E-state index in [-0.39, 0.29) is 5.82 Å². The molecule has 3 aromatic rings. The predicted molar refractivity (Wildman–Crippen MR) is 110 cm³/mol. The Morgan fingerprint density at radius 3 is 2.52 bits per heavy atom. The Morgan fingerprint density at radius 2 is 1.81 bits per heavy atom. The molecule has 2 atom stereocenters. The van der Waals surface area contributed by atoms with Gasteiger partial charge in [0.25, 0.3) is 0 Å². The Balaban J connectivity index is 1.48. The summed E-state index contributed by atoms with van der Waals surface area (Å²) in [6, 6.07) is 12.4. The van der Waals surface area contributed by atoms with Gasteiger partial charge in [0.15, 0.2) is 0 Å². The highest BCUT2D eigenvalue weighted by molar-refractivity contribution is 8.22. The van der Waals surface area contributed by atoms with Gasteiger partial charge in [0.2, 0.25) is 0 Å². The molecule has 1 fully saturated rings. The summed E-state index contributed by atoms with van der Waals surface area (Å²) in [5, 5.41) is 21.4. The second-order valence-electron chi connectivity index (χ2n) is 7.25. The summed E-state index contributed by atoms with van der Waals surface area (Å²) < 4.78 is 15.0. The summed E-state index contributed by atoms with van der Waals surface area (Å²) in [5.41, 5.74) is 2.72. The lowest BCUT2D eigenvalue weighted by Crippen LogP contribution is -2.19. The summed E-state index contributed by atoms with van der Waals surface area (Å²) in [6.45, 7) is 0. The molecule has 3 nitrogen and oxygen atoms in total. The van der Waals surface area contributed by atoms with E-state index < -0.39 is 17.0 Å². The van der Waals surface area contributed by atoms with Crippen LogP contribution in [0.1, 0.15) is 24.5 Å². The van der Waals surface area contributed by atoms with Crippen LogP contribution in [-0.4, -0.2) is 20.1 Å². The zero-order valence-corrected chi connectivity index (χ0v) is 15.6. The topological polar surface area (TPSA) is 38.1 Å². The van der Waals surface area contributed by atoms with Crippen molar-refractivity contribution >= 4 is 21.8 Å². The maximum absolute atomic E-state index is 13.2. The molecule has 138 valence electrons. The van der Waals surface area contributed by atoms with Gasteiger partial charge in [-0.1, -0.05) is 18.2 Å². The van der Waals surface area contributed by atoms with Gasteiger partial charge in [-0.25, -0.2) is 20.0 Å². The van der Waals surface area contributed by atoms with Crippen LogP contribution in [0, 0.1) is 11.7 Å². The summed E-state index contributed by atoms with van der Waals surface area (Å²) in [7, 11) is -0.393. The molecule has 2 heterocycles. The van der Waals surface area contributed by atoms with Gasteiger partial charge < -0.3 is 5.11 Å². The van der Waals surface area contributed by atoms with E-state index in [2.05, 4.69) is 28.1 Å². The second-order valence-corrected chi connectivity index (χ2v) is 9.34. The molecule has 5 heteroatoms. The summed E-state index contributed by atoms with van der Waals surface area (Å²) in [4.78, 5) is 0. The lowest BCUT2D eigenvalue weighted by Gasteiger charge is -2.29. The number of rotatable bonds is 5. The lowest BCUT2D eigenvalue weighted by atomic mass is 10.0. The zero-order chi connectivity index (χ0) is 18.4. The van der Waals surface area contributed by atoms with Crippen molar-refractivity contribution in [3.63, 3.8) is 0 Å². The Bertz CT molecular complexity index is 1020. The average molecular weight is 380 g/mol. The van der Waals surface area contributed by atoms with E-state index in [9.17, 15) is 9.50 Å². The summed E-state index contributed by atoms with van der Waals surface area (Å²) >= 11 is 0. The Morgan fingerprint density at radius 1 is 1.07 bits per heavy atom. The Kier molecular flexibility index (Phi) is 4.14. The molecule has 0 bridgehead atoms. The monoisotopic (exact) mass is 380 g/mol. The van der Waals surface area contributed by atoms with E-state index in [0.29, 0.717) is 11.2 Å². The molecule has 0 spiro atoms. The highest BCUT2D eigenvalue weighted by Crippen LogP contribution is 2.54. The number of fused-ring (bicyclic) bond motifs is 1. The maximum atomic E-state index is 13.2. The van der Waals surface area contributed by atoms with Gasteiger partial charge in [-0.2, -0.15) is 5.10 Å². The third-order valence-corrected chi connectivity index (χ3v) is 7.83. The molecule has 1 aliphatic heterocycles. The van der Waals surface area contributed by atoms with E-state index in [1.165, 1.54) is 25.0 Å². The van der Waals surface area contributed by atoms with Gasteiger partial charge in [-0.05, 0) is 71.5 Å². The highest BCUT2D eigenvalue weighted by atomic mass is 32.2. The molecule has 2 aromatic carbocycles. The molecule has 0 saturated heterocycles. The minimum absolute atomic E-state index is 0.260. The second kappa shape index (κ2) is 6.66. The number of aliphatic hydroxyl groups excluding tert-OH is 1. The minimum Gasteiger partial charge on any atom is -0.387 e. The molecule has 1 N–H and O–H groups in total. The fourth-order valence-electron chi connectivity index (χ4n) is 3.87. The Hall–Kier alpha value is -2.37. The molecule has 1 aromatic heterocycles. The molecule has 0 radical (unpaired) electrons. The molecule has 2 aliphatic rings. The van der Waals surface area contributed by atoms with Crippen LogP contribution in [0.3, 0.4) is 0 Å². The number of benzene rings is 2. The fourth-order valence-corrected chi connectivity index (χ4v) is 6.25. The number of halogens is 1. The number of aliphatic hydroxyl groups is 1. The van der Waals surface area contributed by atoms with Gasteiger partial charge in [0.05, 0.1) is 23.5 Å². The van der Waals surface area contributed by atoms with E-state index in [1.807, 2.05) is 24.4 Å². The van der Waals surface area contributed by atoms with Gasteiger partial charge in [0.1, 0.15) is 5.82 Å². The average Bonchev–Trinajstić information content (AvgIpc) is 3.19. The standard InChI is InChI=1S/C22H21FN2OS/c23-18-6-8-19(9-7-18)25-20-10-5-16(13-17(20)14-24-25)21(26)22(15-3-4-15)27-11-1-2-12-27/h1-2,5-15,21-22,26-27H,3-4H2. The number of thiol groups is 1. The number of hydrogen-bond acceptors (Lipinski definition) is 2. The lowest BCUT2D eigenvalue weighted by molar-refractivity contribution is 0.167. The van der Waals surface area contributed by atoms with Crippen LogP contribution in [0.15, 0.2) is 71.6 Å². The largest absolute Gasteiger partial charge is 0.387 e. The van der Waals surface area contributed by atoms with Crippen molar-refractivity contribution in [1.29, 1.82) is 0 Å². The normalized spacial score (nSPS) is 19.7. The molecule has 0 amide bonds. The van der Waals surface area contributed by atoms with Crippen molar-refractivity contribution < 1.29 is 9.50 Å².